The van der Waals surface area contributed by atoms with Crippen LogP contribution in [0.2, 0.25) is 0 Å². The summed E-state index contributed by atoms with van der Waals surface area (Å²) in [6.07, 6.45) is 7.97. The van der Waals surface area contributed by atoms with E-state index in [1.807, 2.05) is 12.1 Å². The van der Waals surface area contributed by atoms with Gasteiger partial charge in [0.25, 0.3) is 0 Å². The maximum Gasteiger partial charge on any atom is 0.219 e. The quantitative estimate of drug-likeness (QED) is 0.535. The van der Waals surface area contributed by atoms with Crippen molar-refractivity contribution in [3.63, 3.8) is 0 Å². The Morgan fingerprint density at radius 2 is 2.13 bits per heavy atom. The van der Waals surface area contributed by atoms with Gasteiger partial charge in [0.05, 0.1) is 0 Å². The van der Waals surface area contributed by atoms with Crippen LogP contribution >= 0.6 is 0 Å². The lowest BCUT2D eigenvalue weighted by atomic mass is 10.0. The van der Waals surface area contributed by atoms with E-state index in [1.165, 1.54) is 5.57 Å². The maximum atomic E-state index is 11.6. The average molecular weight is 205 g/mol. The van der Waals surface area contributed by atoms with Crippen LogP contribution in [0.25, 0.3) is 5.57 Å². The predicted octanol–water partition coefficient (Wildman–Crippen LogP) is 3.30. The van der Waals surface area contributed by atoms with Crippen LogP contribution in [0.3, 0.4) is 0 Å². The standard InChI is InChI=1S/C13H19NO/c1-3-5-9-12(8-4-2)13-10-6-7-11-14(13)15/h6-7,9-11H,3-5,8H2,1-2H3/b12-9+. The summed E-state index contributed by atoms with van der Waals surface area (Å²) in [5.41, 5.74) is 1.97. The zero-order chi connectivity index (χ0) is 11.1. The summed E-state index contributed by atoms with van der Waals surface area (Å²) in [6.45, 7) is 4.29. The van der Waals surface area contributed by atoms with Crippen molar-refractivity contribution in [2.75, 3.05) is 0 Å². The molecule has 0 spiro atoms. The molecule has 0 bridgehead atoms. The molecule has 0 radical (unpaired) electrons. The highest BCUT2D eigenvalue weighted by atomic mass is 16.5. The third-order valence-electron chi connectivity index (χ3n) is 2.35. The van der Waals surface area contributed by atoms with E-state index < -0.39 is 0 Å². The first-order valence-corrected chi connectivity index (χ1v) is 5.67. The Kier molecular flexibility index (Phi) is 4.88. The lowest BCUT2D eigenvalue weighted by Gasteiger charge is -2.07. The number of unbranched alkanes of at least 4 members (excludes halogenated alkanes) is 1. The van der Waals surface area contributed by atoms with Crippen LogP contribution < -0.4 is 4.73 Å². The number of aromatic nitrogens is 1. The molecular formula is C13H19NO. The Morgan fingerprint density at radius 1 is 1.33 bits per heavy atom. The van der Waals surface area contributed by atoms with Crippen LogP contribution in [0.5, 0.6) is 0 Å². The summed E-state index contributed by atoms with van der Waals surface area (Å²) in [6, 6.07) is 5.57. The van der Waals surface area contributed by atoms with E-state index >= 15 is 0 Å². The van der Waals surface area contributed by atoms with E-state index in [4.69, 9.17) is 0 Å². The fourth-order valence-electron chi connectivity index (χ4n) is 1.60. The van der Waals surface area contributed by atoms with Crippen molar-refractivity contribution in [2.24, 2.45) is 0 Å². The number of pyridine rings is 1. The van der Waals surface area contributed by atoms with Gasteiger partial charge in [-0.3, -0.25) is 0 Å². The molecule has 1 heterocycles. The minimum atomic E-state index is 0.799. The molecule has 0 atom stereocenters. The zero-order valence-corrected chi connectivity index (χ0v) is 9.57. The van der Waals surface area contributed by atoms with E-state index in [9.17, 15) is 5.21 Å². The largest absolute Gasteiger partial charge is 0.618 e. The van der Waals surface area contributed by atoms with Gasteiger partial charge in [-0.05, 0) is 18.9 Å². The fraction of sp³-hybridized carbons (Fsp3) is 0.462. The van der Waals surface area contributed by atoms with Crippen molar-refractivity contribution in [1.29, 1.82) is 0 Å². The molecule has 82 valence electrons. The molecule has 0 unspecified atom stereocenters. The van der Waals surface area contributed by atoms with E-state index in [2.05, 4.69) is 19.9 Å². The molecule has 2 nitrogen and oxygen atoms in total. The summed E-state index contributed by atoms with van der Waals surface area (Å²) in [5.74, 6) is 0. The molecule has 0 aliphatic rings. The maximum absolute atomic E-state index is 11.6. The van der Waals surface area contributed by atoms with Crippen LogP contribution in [0, 0.1) is 5.21 Å². The van der Waals surface area contributed by atoms with Gasteiger partial charge in [0.15, 0.2) is 6.20 Å². The topological polar surface area (TPSA) is 26.9 Å². The van der Waals surface area contributed by atoms with E-state index in [0.29, 0.717) is 0 Å². The van der Waals surface area contributed by atoms with Crippen molar-refractivity contribution < 1.29 is 4.73 Å². The SMILES string of the molecule is CCC/C=C(\CCC)c1cccc[n+]1[O-]. The van der Waals surface area contributed by atoms with Crippen LogP contribution in [-0.4, -0.2) is 0 Å². The van der Waals surface area contributed by atoms with E-state index in [0.717, 1.165) is 36.1 Å². The highest BCUT2D eigenvalue weighted by Crippen LogP contribution is 2.17. The Bertz CT molecular complexity index is 331. The number of nitrogens with zero attached hydrogens (tertiary/aromatic N) is 1. The second kappa shape index (κ2) is 6.23. The molecule has 0 N–H and O–H groups in total. The van der Waals surface area contributed by atoms with Crippen molar-refractivity contribution in [3.8, 4) is 0 Å². The van der Waals surface area contributed by atoms with Crippen molar-refractivity contribution in [2.45, 2.75) is 39.5 Å². The van der Waals surface area contributed by atoms with Crippen LogP contribution in [0.4, 0.5) is 0 Å². The van der Waals surface area contributed by atoms with Crippen molar-refractivity contribution in [3.05, 3.63) is 41.4 Å². The third-order valence-corrected chi connectivity index (χ3v) is 2.35. The minimum absolute atomic E-state index is 0.799. The molecule has 0 fully saturated rings. The first kappa shape index (κ1) is 11.8. The van der Waals surface area contributed by atoms with Gasteiger partial charge in [-0.2, -0.15) is 4.73 Å². The van der Waals surface area contributed by atoms with Gasteiger partial charge in [-0.15, -0.1) is 0 Å². The molecule has 0 saturated carbocycles. The molecule has 1 aromatic rings. The Hall–Kier alpha value is -1.31. The molecule has 0 amide bonds. The Morgan fingerprint density at radius 3 is 2.73 bits per heavy atom. The molecular weight excluding hydrogens is 186 g/mol. The molecule has 1 aromatic heterocycles. The van der Waals surface area contributed by atoms with Gasteiger partial charge in [0, 0.05) is 17.7 Å². The smallest absolute Gasteiger partial charge is 0.219 e. The fourth-order valence-corrected chi connectivity index (χ4v) is 1.60. The first-order chi connectivity index (χ1) is 7.29. The summed E-state index contributed by atoms with van der Waals surface area (Å²) >= 11 is 0. The molecule has 0 aliphatic heterocycles. The molecule has 0 aliphatic carbocycles. The van der Waals surface area contributed by atoms with Gasteiger partial charge in [-0.1, -0.05) is 32.8 Å². The first-order valence-electron chi connectivity index (χ1n) is 5.67. The highest BCUT2D eigenvalue weighted by Gasteiger charge is 2.08. The number of allylic oxidation sites excluding steroid dienone is 2. The second-order valence-electron chi connectivity index (χ2n) is 3.68. The van der Waals surface area contributed by atoms with E-state index in [-0.39, 0.29) is 0 Å². The second-order valence-corrected chi connectivity index (χ2v) is 3.68. The van der Waals surface area contributed by atoms with Gasteiger partial charge < -0.3 is 5.21 Å². The Balaban J connectivity index is 2.93. The summed E-state index contributed by atoms with van der Waals surface area (Å²) < 4.78 is 0.956. The lowest BCUT2D eigenvalue weighted by Crippen LogP contribution is -2.30. The van der Waals surface area contributed by atoms with Crippen LogP contribution in [-0.2, 0) is 0 Å². The number of hydrogen-bond donors (Lipinski definition) is 0. The highest BCUT2D eigenvalue weighted by molar-refractivity contribution is 5.60. The van der Waals surface area contributed by atoms with Crippen LogP contribution in [0.1, 0.15) is 45.2 Å². The summed E-state index contributed by atoms with van der Waals surface area (Å²) in [4.78, 5) is 0. The van der Waals surface area contributed by atoms with Gasteiger partial charge in [0.1, 0.15) is 0 Å². The predicted molar refractivity (Wildman–Crippen MR) is 63.2 cm³/mol. The van der Waals surface area contributed by atoms with Crippen LogP contribution in [0.15, 0.2) is 30.5 Å². The number of hydrogen-bond acceptors (Lipinski definition) is 1. The monoisotopic (exact) mass is 205 g/mol. The molecule has 0 saturated heterocycles. The lowest BCUT2D eigenvalue weighted by molar-refractivity contribution is -0.608. The molecule has 15 heavy (non-hydrogen) atoms. The third kappa shape index (κ3) is 3.39. The minimum Gasteiger partial charge on any atom is -0.618 e. The summed E-state index contributed by atoms with van der Waals surface area (Å²) in [5, 5.41) is 11.6. The molecule has 1 rings (SSSR count). The summed E-state index contributed by atoms with van der Waals surface area (Å²) in [7, 11) is 0. The van der Waals surface area contributed by atoms with Gasteiger partial charge in [-0.25, -0.2) is 0 Å². The molecule has 0 aromatic carbocycles. The zero-order valence-electron chi connectivity index (χ0n) is 9.57. The van der Waals surface area contributed by atoms with Gasteiger partial charge >= 0.3 is 0 Å². The average Bonchev–Trinajstić information content (AvgIpc) is 2.25. The van der Waals surface area contributed by atoms with Gasteiger partial charge in [0.2, 0.25) is 5.69 Å². The van der Waals surface area contributed by atoms with Crippen molar-refractivity contribution in [1.82, 2.24) is 0 Å². The normalized spacial score (nSPS) is 11.7. The van der Waals surface area contributed by atoms with Crippen molar-refractivity contribution >= 4 is 5.57 Å². The molecule has 2 heteroatoms. The van der Waals surface area contributed by atoms with E-state index in [1.54, 1.807) is 12.3 Å². The Labute approximate surface area is 91.8 Å². The number of rotatable bonds is 5.